The van der Waals surface area contributed by atoms with Crippen LogP contribution < -0.4 is 10.6 Å². The molecule has 0 amide bonds. The van der Waals surface area contributed by atoms with E-state index in [4.69, 9.17) is 13.8 Å². The lowest BCUT2D eigenvalue weighted by Crippen LogP contribution is -2.44. The van der Waals surface area contributed by atoms with E-state index in [1.165, 1.54) is 10.8 Å². The zero-order valence-electron chi connectivity index (χ0n) is 30.7. The van der Waals surface area contributed by atoms with Gasteiger partial charge in [0.2, 0.25) is 0 Å². The minimum absolute atomic E-state index is 0.143. The van der Waals surface area contributed by atoms with Crippen molar-refractivity contribution in [2.75, 3.05) is 0 Å². The molecule has 0 aliphatic carbocycles. The number of nitrogens with zero attached hydrogens (tertiary/aromatic N) is 2. The Morgan fingerprint density at radius 2 is 1.16 bits per heavy atom. The standard InChI is InChI=1S/C51H34N4O2/c1-3-14-31(15-4-1)49-52-50(32-16-5-2-6-17-32)54-51(53-49)39-23-11-21-37-40-30-33(28-29-44(40)56-47(37)39)34-20-13-27-45-46(34)38-22-12-26-43(48(38)57-45)55-41-24-9-7-18-35(41)36-19-8-10-25-42(36)55/h1-30,49,51,53H,(H,52,54). The number of aromatic nitrogens is 1. The highest BCUT2D eigenvalue weighted by Crippen LogP contribution is 2.43. The van der Waals surface area contributed by atoms with Crippen molar-refractivity contribution in [3.63, 3.8) is 0 Å². The molecular weight excluding hydrogens is 701 g/mol. The molecule has 3 aromatic heterocycles. The second-order valence-corrected chi connectivity index (χ2v) is 14.7. The van der Waals surface area contributed by atoms with Gasteiger partial charge in [0.15, 0.2) is 5.58 Å². The Morgan fingerprint density at radius 1 is 0.491 bits per heavy atom. The molecule has 2 atom stereocenters. The summed E-state index contributed by atoms with van der Waals surface area (Å²) in [5, 5.41) is 14.1. The molecule has 11 aromatic rings. The van der Waals surface area contributed by atoms with Crippen molar-refractivity contribution in [1.82, 2.24) is 15.2 Å². The SMILES string of the molecule is c1ccc(C2=NC(c3cccc4c3oc3ccc(-c5cccc6oc7c(-n8c9ccccc9c9ccccc98)cccc7c56)cc34)NC(c3ccccc3)N2)cc1. The van der Waals surface area contributed by atoms with E-state index >= 15 is 0 Å². The Bertz CT molecular complexity index is 3320. The Morgan fingerprint density at radius 3 is 1.96 bits per heavy atom. The predicted octanol–water partition coefficient (Wildman–Crippen LogP) is 12.6. The molecule has 1 aliphatic rings. The molecule has 0 radical (unpaired) electrons. The molecule has 0 fully saturated rings. The molecule has 4 heterocycles. The molecule has 0 saturated heterocycles. The normalized spacial score (nSPS) is 15.9. The van der Waals surface area contributed by atoms with Crippen molar-refractivity contribution in [1.29, 1.82) is 0 Å². The summed E-state index contributed by atoms with van der Waals surface area (Å²) in [6.07, 6.45) is -0.485. The van der Waals surface area contributed by atoms with E-state index in [9.17, 15) is 0 Å². The van der Waals surface area contributed by atoms with Crippen LogP contribution in [0.4, 0.5) is 0 Å². The lowest BCUT2D eigenvalue weighted by atomic mass is 9.97. The van der Waals surface area contributed by atoms with Crippen molar-refractivity contribution >= 4 is 71.5 Å². The second kappa shape index (κ2) is 12.6. The van der Waals surface area contributed by atoms with Gasteiger partial charge in [0.05, 0.1) is 16.7 Å². The third-order valence-electron chi connectivity index (χ3n) is 11.5. The van der Waals surface area contributed by atoms with Crippen molar-refractivity contribution in [3.05, 3.63) is 199 Å². The maximum Gasteiger partial charge on any atom is 0.159 e. The lowest BCUT2D eigenvalue weighted by Gasteiger charge is -2.32. The van der Waals surface area contributed by atoms with E-state index in [0.717, 1.165) is 94.3 Å². The number of aliphatic imine (C=N–C) groups is 1. The van der Waals surface area contributed by atoms with Crippen LogP contribution in [0.25, 0.3) is 82.5 Å². The van der Waals surface area contributed by atoms with E-state index in [1.807, 2.05) is 24.3 Å². The Kier molecular flexibility index (Phi) is 7.03. The van der Waals surface area contributed by atoms with Crippen LogP contribution in [0.3, 0.4) is 0 Å². The molecule has 0 spiro atoms. The molecule has 12 rings (SSSR count). The van der Waals surface area contributed by atoms with E-state index in [0.29, 0.717) is 0 Å². The van der Waals surface area contributed by atoms with E-state index in [2.05, 4.69) is 173 Å². The molecular formula is C51H34N4O2. The minimum atomic E-state index is -0.342. The van der Waals surface area contributed by atoms with E-state index in [1.54, 1.807) is 0 Å². The van der Waals surface area contributed by atoms with Gasteiger partial charge in [-0.2, -0.15) is 0 Å². The summed E-state index contributed by atoms with van der Waals surface area (Å²) in [5.41, 5.74) is 12.1. The first-order chi connectivity index (χ1) is 28.3. The molecule has 57 heavy (non-hydrogen) atoms. The number of furan rings is 2. The van der Waals surface area contributed by atoms with Crippen LogP contribution in [-0.2, 0) is 0 Å². The number of hydrogen-bond donors (Lipinski definition) is 2. The Balaban J connectivity index is 1.000. The van der Waals surface area contributed by atoms with E-state index < -0.39 is 0 Å². The fourth-order valence-electron chi connectivity index (χ4n) is 8.91. The molecule has 0 bridgehead atoms. The van der Waals surface area contributed by atoms with Gasteiger partial charge in [0, 0.05) is 43.4 Å². The zero-order chi connectivity index (χ0) is 37.5. The molecule has 270 valence electrons. The monoisotopic (exact) mass is 734 g/mol. The first-order valence-electron chi connectivity index (χ1n) is 19.4. The van der Waals surface area contributed by atoms with Gasteiger partial charge in [-0.15, -0.1) is 0 Å². The molecule has 0 saturated carbocycles. The fraction of sp³-hybridized carbons (Fsp3) is 0.0392. The van der Waals surface area contributed by atoms with Gasteiger partial charge >= 0.3 is 0 Å². The van der Waals surface area contributed by atoms with Gasteiger partial charge in [0.25, 0.3) is 0 Å². The summed E-state index contributed by atoms with van der Waals surface area (Å²) in [5.74, 6) is 0.838. The van der Waals surface area contributed by atoms with Gasteiger partial charge in [0.1, 0.15) is 34.9 Å². The number of rotatable bonds is 5. The summed E-state index contributed by atoms with van der Waals surface area (Å²) in [6, 6.07) is 63.7. The van der Waals surface area contributed by atoms with Crippen LogP contribution in [0.1, 0.15) is 29.0 Å². The van der Waals surface area contributed by atoms with Crippen LogP contribution in [0.5, 0.6) is 0 Å². The highest BCUT2D eigenvalue weighted by atomic mass is 16.3. The molecule has 2 unspecified atom stereocenters. The number of fused-ring (bicyclic) bond motifs is 9. The second-order valence-electron chi connectivity index (χ2n) is 14.7. The summed E-state index contributed by atoms with van der Waals surface area (Å²) in [6.45, 7) is 0. The summed E-state index contributed by atoms with van der Waals surface area (Å²) in [7, 11) is 0. The predicted molar refractivity (Wildman–Crippen MR) is 232 cm³/mol. The average molecular weight is 735 g/mol. The molecule has 8 aromatic carbocycles. The number of amidine groups is 1. The highest BCUT2D eigenvalue weighted by molar-refractivity contribution is 6.17. The fourth-order valence-corrected chi connectivity index (χ4v) is 8.91. The van der Waals surface area contributed by atoms with Crippen molar-refractivity contribution < 1.29 is 8.83 Å². The smallest absolute Gasteiger partial charge is 0.159 e. The Labute approximate surface area is 327 Å². The van der Waals surface area contributed by atoms with Gasteiger partial charge in [-0.1, -0.05) is 146 Å². The first kappa shape index (κ1) is 31.9. The zero-order valence-corrected chi connectivity index (χ0v) is 30.7. The van der Waals surface area contributed by atoms with Crippen LogP contribution in [0, 0.1) is 0 Å². The van der Waals surface area contributed by atoms with Crippen LogP contribution >= 0.6 is 0 Å². The average Bonchev–Trinajstić information content (AvgIpc) is 3.96. The first-order valence-corrected chi connectivity index (χ1v) is 19.4. The van der Waals surface area contributed by atoms with Crippen molar-refractivity contribution in [3.8, 4) is 16.8 Å². The molecule has 6 heteroatoms. The maximum atomic E-state index is 6.81. The number of benzene rings is 8. The van der Waals surface area contributed by atoms with Crippen molar-refractivity contribution in [2.24, 2.45) is 4.99 Å². The molecule has 1 aliphatic heterocycles. The summed E-state index contributed by atoms with van der Waals surface area (Å²) in [4.78, 5) is 5.22. The van der Waals surface area contributed by atoms with Crippen molar-refractivity contribution in [2.45, 2.75) is 12.3 Å². The Hall–Kier alpha value is -7.41. The van der Waals surface area contributed by atoms with Gasteiger partial charge in [-0.3, -0.25) is 5.32 Å². The number of para-hydroxylation sites is 4. The number of hydrogen-bond acceptors (Lipinski definition) is 5. The summed E-state index contributed by atoms with van der Waals surface area (Å²) < 4.78 is 15.9. The maximum absolute atomic E-state index is 6.81. The molecule has 2 N–H and O–H groups in total. The van der Waals surface area contributed by atoms with Crippen LogP contribution in [-0.4, -0.2) is 10.4 Å². The molecule has 6 nitrogen and oxygen atoms in total. The third kappa shape index (κ3) is 4.98. The highest BCUT2D eigenvalue weighted by Gasteiger charge is 2.28. The van der Waals surface area contributed by atoms with Crippen LogP contribution in [0.15, 0.2) is 196 Å². The minimum Gasteiger partial charge on any atom is -0.456 e. The van der Waals surface area contributed by atoms with Gasteiger partial charge in [-0.25, -0.2) is 4.99 Å². The topological polar surface area (TPSA) is 67.6 Å². The van der Waals surface area contributed by atoms with Crippen LogP contribution in [0.2, 0.25) is 0 Å². The largest absolute Gasteiger partial charge is 0.456 e. The summed E-state index contributed by atoms with van der Waals surface area (Å²) >= 11 is 0. The quantitative estimate of drug-likeness (QED) is 0.185. The van der Waals surface area contributed by atoms with Gasteiger partial charge in [-0.05, 0) is 53.1 Å². The van der Waals surface area contributed by atoms with E-state index in [-0.39, 0.29) is 12.3 Å². The number of nitrogens with one attached hydrogen (secondary N) is 2. The lowest BCUT2D eigenvalue weighted by molar-refractivity contribution is 0.408. The van der Waals surface area contributed by atoms with Gasteiger partial charge < -0.3 is 18.7 Å². The third-order valence-corrected chi connectivity index (χ3v) is 11.5.